The number of H-pyrrole nitrogens is 1. The van der Waals surface area contributed by atoms with Gasteiger partial charge in [-0.15, -0.1) is 0 Å². The molecule has 1 aliphatic carbocycles. The molecule has 0 saturated heterocycles. The SMILES string of the molecule is CCNc1ccc(CC2CCC(c3[nH]nc(Nc4ccc5c(c4)CSC5)c3C)C2)cc1. The highest BCUT2D eigenvalue weighted by atomic mass is 32.2. The van der Waals surface area contributed by atoms with E-state index in [1.165, 1.54) is 59.3 Å². The van der Waals surface area contributed by atoms with Crippen LogP contribution in [0.3, 0.4) is 0 Å². The number of fused-ring (bicyclic) bond motifs is 1. The van der Waals surface area contributed by atoms with Gasteiger partial charge in [-0.1, -0.05) is 18.2 Å². The maximum Gasteiger partial charge on any atom is 0.155 e. The zero-order valence-electron chi connectivity index (χ0n) is 18.5. The van der Waals surface area contributed by atoms with Crippen LogP contribution in [0, 0.1) is 12.8 Å². The normalized spacial score (nSPS) is 20.1. The standard InChI is InChI=1S/C26H32N4S/c1-3-27-23-9-5-18(6-10-23)12-19-4-7-20(13-19)25-17(2)26(30-29-25)28-24-11-8-21-15-31-16-22(21)14-24/h5-6,8-11,14,19-20,27H,3-4,7,12-13,15-16H2,1-2H3,(H2,28,29,30). The second kappa shape index (κ2) is 8.99. The fourth-order valence-corrected chi connectivity index (χ4v) is 6.23. The Hall–Kier alpha value is -2.40. The van der Waals surface area contributed by atoms with E-state index in [1.807, 2.05) is 11.8 Å². The molecule has 5 heteroatoms. The summed E-state index contributed by atoms with van der Waals surface area (Å²) in [7, 11) is 0. The van der Waals surface area contributed by atoms with Crippen molar-refractivity contribution in [3.05, 3.63) is 70.4 Å². The van der Waals surface area contributed by atoms with Crippen LogP contribution in [0.2, 0.25) is 0 Å². The molecule has 3 N–H and O–H groups in total. The van der Waals surface area contributed by atoms with Gasteiger partial charge in [-0.3, -0.25) is 5.10 Å². The molecule has 0 spiro atoms. The Kier molecular flexibility index (Phi) is 5.95. The molecule has 2 unspecified atom stereocenters. The van der Waals surface area contributed by atoms with Crippen LogP contribution < -0.4 is 10.6 Å². The summed E-state index contributed by atoms with van der Waals surface area (Å²) in [6, 6.07) is 15.7. The van der Waals surface area contributed by atoms with E-state index in [9.17, 15) is 0 Å². The number of hydrogen-bond acceptors (Lipinski definition) is 4. The average Bonchev–Trinajstić information content (AvgIpc) is 3.51. The van der Waals surface area contributed by atoms with Crippen molar-refractivity contribution in [2.45, 2.75) is 57.0 Å². The van der Waals surface area contributed by atoms with Crippen LogP contribution in [0.1, 0.15) is 60.1 Å². The highest BCUT2D eigenvalue weighted by molar-refractivity contribution is 7.98. The summed E-state index contributed by atoms with van der Waals surface area (Å²) < 4.78 is 0. The number of thioether (sulfide) groups is 1. The lowest BCUT2D eigenvalue weighted by Crippen LogP contribution is -2.02. The van der Waals surface area contributed by atoms with Crippen molar-refractivity contribution >= 4 is 29.0 Å². The highest BCUT2D eigenvalue weighted by Crippen LogP contribution is 2.41. The molecule has 4 nitrogen and oxygen atoms in total. The number of benzene rings is 2. The Morgan fingerprint density at radius 1 is 1.03 bits per heavy atom. The van der Waals surface area contributed by atoms with Crippen LogP contribution in [0.4, 0.5) is 17.2 Å². The summed E-state index contributed by atoms with van der Waals surface area (Å²) in [5, 5.41) is 14.9. The minimum Gasteiger partial charge on any atom is -0.385 e. The molecule has 5 rings (SSSR count). The molecule has 2 heterocycles. The van der Waals surface area contributed by atoms with Crippen molar-refractivity contribution in [2.24, 2.45) is 5.92 Å². The fraction of sp³-hybridized carbons (Fsp3) is 0.423. The molecular weight excluding hydrogens is 400 g/mol. The van der Waals surface area contributed by atoms with Crippen molar-refractivity contribution in [1.82, 2.24) is 10.2 Å². The molecule has 1 aliphatic heterocycles. The predicted octanol–water partition coefficient (Wildman–Crippen LogP) is 6.77. The maximum absolute atomic E-state index is 4.64. The van der Waals surface area contributed by atoms with Gasteiger partial charge in [-0.2, -0.15) is 16.9 Å². The molecule has 1 aromatic heterocycles. The lowest BCUT2D eigenvalue weighted by atomic mass is 9.94. The van der Waals surface area contributed by atoms with Gasteiger partial charge in [0.05, 0.1) is 0 Å². The first-order chi connectivity index (χ1) is 15.2. The second-order valence-corrected chi connectivity index (χ2v) is 10.0. The first-order valence-corrected chi connectivity index (χ1v) is 12.7. The van der Waals surface area contributed by atoms with Gasteiger partial charge in [0.25, 0.3) is 0 Å². The van der Waals surface area contributed by atoms with Crippen LogP contribution in [0.25, 0.3) is 0 Å². The number of aromatic amines is 1. The molecule has 0 amide bonds. The number of rotatable bonds is 7. The van der Waals surface area contributed by atoms with E-state index in [0.29, 0.717) is 5.92 Å². The van der Waals surface area contributed by atoms with Crippen molar-refractivity contribution in [3.8, 4) is 0 Å². The Labute approximate surface area is 189 Å². The summed E-state index contributed by atoms with van der Waals surface area (Å²) in [4.78, 5) is 0. The molecule has 1 saturated carbocycles. The topological polar surface area (TPSA) is 52.7 Å². The van der Waals surface area contributed by atoms with Gasteiger partial charge in [0.1, 0.15) is 0 Å². The quantitative estimate of drug-likeness (QED) is 0.386. The van der Waals surface area contributed by atoms with Crippen molar-refractivity contribution in [3.63, 3.8) is 0 Å². The van der Waals surface area contributed by atoms with E-state index in [4.69, 9.17) is 0 Å². The Balaban J connectivity index is 1.22. The van der Waals surface area contributed by atoms with Crippen molar-refractivity contribution < 1.29 is 0 Å². The van der Waals surface area contributed by atoms with Gasteiger partial charge < -0.3 is 10.6 Å². The number of hydrogen-bond donors (Lipinski definition) is 3. The fourth-order valence-electron chi connectivity index (χ4n) is 5.14. The van der Waals surface area contributed by atoms with Crippen LogP contribution in [0.15, 0.2) is 42.5 Å². The molecule has 0 radical (unpaired) electrons. The molecular formula is C26H32N4S. The van der Waals surface area contributed by atoms with E-state index in [0.717, 1.165) is 35.5 Å². The summed E-state index contributed by atoms with van der Waals surface area (Å²) in [5.74, 6) is 4.58. The number of nitrogens with one attached hydrogen (secondary N) is 3. The highest BCUT2D eigenvalue weighted by Gasteiger charge is 2.29. The largest absolute Gasteiger partial charge is 0.385 e. The number of aromatic nitrogens is 2. The van der Waals surface area contributed by atoms with Gasteiger partial charge in [-0.25, -0.2) is 0 Å². The molecule has 3 aromatic rings. The van der Waals surface area contributed by atoms with E-state index in [2.05, 4.69) is 77.1 Å². The number of nitrogens with zero attached hydrogens (tertiary/aromatic N) is 1. The lowest BCUT2D eigenvalue weighted by Gasteiger charge is -2.12. The van der Waals surface area contributed by atoms with Crippen molar-refractivity contribution in [2.75, 3.05) is 17.2 Å². The van der Waals surface area contributed by atoms with E-state index < -0.39 is 0 Å². The number of anilines is 3. The van der Waals surface area contributed by atoms with Crippen molar-refractivity contribution in [1.29, 1.82) is 0 Å². The second-order valence-electron chi connectivity index (χ2n) is 9.02. The van der Waals surface area contributed by atoms with E-state index in [1.54, 1.807) is 0 Å². The lowest BCUT2D eigenvalue weighted by molar-refractivity contribution is 0.533. The Bertz CT molecular complexity index is 1040. The molecule has 2 atom stereocenters. The minimum atomic E-state index is 0.588. The molecule has 31 heavy (non-hydrogen) atoms. The first-order valence-electron chi connectivity index (χ1n) is 11.5. The van der Waals surface area contributed by atoms with Gasteiger partial charge in [0.15, 0.2) is 5.82 Å². The van der Waals surface area contributed by atoms with Crippen LogP contribution in [-0.2, 0) is 17.9 Å². The third-order valence-corrected chi connectivity index (χ3v) is 7.87. The summed E-state index contributed by atoms with van der Waals surface area (Å²) in [5.41, 5.74) is 9.34. The summed E-state index contributed by atoms with van der Waals surface area (Å²) >= 11 is 1.99. The van der Waals surface area contributed by atoms with Gasteiger partial charge in [0.2, 0.25) is 0 Å². The molecule has 2 aromatic carbocycles. The van der Waals surface area contributed by atoms with Gasteiger partial charge in [0, 0.05) is 46.6 Å². The Morgan fingerprint density at radius 2 is 1.84 bits per heavy atom. The van der Waals surface area contributed by atoms with Gasteiger partial charge in [-0.05, 0) is 86.4 Å². The van der Waals surface area contributed by atoms with Crippen LogP contribution in [-0.4, -0.2) is 16.7 Å². The zero-order chi connectivity index (χ0) is 21.2. The van der Waals surface area contributed by atoms with Crippen LogP contribution in [0.5, 0.6) is 0 Å². The first kappa shape index (κ1) is 20.5. The smallest absolute Gasteiger partial charge is 0.155 e. The predicted molar refractivity (Wildman–Crippen MR) is 132 cm³/mol. The monoisotopic (exact) mass is 432 g/mol. The molecule has 0 bridgehead atoms. The molecule has 162 valence electrons. The zero-order valence-corrected chi connectivity index (χ0v) is 19.3. The maximum atomic E-state index is 4.64. The van der Waals surface area contributed by atoms with Gasteiger partial charge >= 0.3 is 0 Å². The van der Waals surface area contributed by atoms with E-state index >= 15 is 0 Å². The average molecular weight is 433 g/mol. The summed E-state index contributed by atoms with van der Waals surface area (Å²) in [6.45, 7) is 5.31. The minimum absolute atomic E-state index is 0.588. The third kappa shape index (κ3) is 4.47. The van der Waals surface area contributed by atoms with Crippen LogP contribution >= 0.6 is 11.8 Å². The summed E-state index contributed by atoms with van der Waals surface area (Å²) in [6.07, 6.45) is 4.96. The third-order valence-electron chi connectivity index (χ3n) is 6.84. The Morgan fingerprint density at radius 3 is 2.68 bits per heavy atom. The molecule has 2 aliphatic rings. The molecule has 1 fully saturated rings. The van der Waals surface area contributed by atoms with E-state index in [-0.39, 0.29) is 0 Å².